The molecule has 2 saturated carbocycles. The van der Waals surface area contributed by atoms with Crippen LogP contribution in [0.4, 0.5) is 0 Å². The van der Waals surface area contributed by atoms with Crippen LogP contribution in [0.25, 0.3) is 0 Å². The normalized spacial score (nSPS) is 17.8. The van der Waals surface area contributed by atoms with E-state index in [0.717, 1.165) is 44.1 Å². The first-order chi connectivity index (χ1) is 41.7. The Balaban J connectivity index is 0.849. The number of likely N-dealkylation sites (tertiary alicyclic amines) is 1. The Labute approximate surface area is 512 Å². The molecule has 8 amide bonds. The summed E-state index contributed by atoms with van der Waals surface area (Å²) in [6.45, 7) is 16.8. The van der Waals surface area contributed by atoms with Gasteiger partial charge in [0.05, 0.1) is 138 Å². The van der Waals surface area contributed by atoms with Crippen LogP contribution in [0.3, 0.4) is 0 Å². The number of ketones is 1. The number of benzene rings is 1. The molecule has 6 N–H and O–H groups in total. The molecule has 0 bridgehead atoms. The highest BCUT2D eigenvalue weighted by molar-refractivity contribution is 6.04. The molecule has 0 aromatic heterocycles. The summed E-state index contributed by atoms with van der Waals surface area (Å²) in [5.41, 5.74) is -0.0864. The van der Waals surface area contributed by atoms with Crippen LogP contribution >= 0.6 is 0 Å². The summed E-state index contributed by atoms with van der Waals surface area (Å²) in [5.74, 6) is -3.15. The molecule has 3 fully saturated rings. The quantitative estimate of drug-likeness (QED) is 0.0302. The lowest BCUT2D eigenvalue weighted by Gasteiger charge is -2.31. The van der Waals surface area contributed by atoms with Crippen molar-refractivity contribution < 1.29 is 90.5 Å². The van der Waals surface area contributed by atoms with Gasteiger partial charge in [-0.1, -0.05) is 71.9 Å². The van der Waals surface area contributed by atoms with Crippen molar-refractivity contribution in [2.75, 3.05) is 158 Å². The molecule has 492 valence electrons. The maximum absolute atomic E-state index is 13.2. The second-order valence-corrected chi connectivity index (χ2v) is 23.8. The molecule has 26 nitrogen and oxygen atoms in total. The SMILES string of the molecule is CC(C)(C)C(=O)[C@H](OCNC(=O)CNC(=O)[C@H](Cc1ccccc1)NC(=O)CNC(=O)CNC(=O)COCCOCCOCCOCCOCCOCCOCCOCCOCCNC(=O)C1CCC(CN2C(=O)CC(C(C)(C)C)C2=O)CC1)C1CC1. The van der Waals surface area contributed by atoms with Crippen LogP contribution in [-0.4, -0.2) is 228 Å². The van der Waals surface area contributed by atoms with Gasteiger partial charge in [-0.2, -0.15) is 0 Å². The van der Waals surface area contributed by atoms with Crippen molar-refractivity contribution >= 4 is 53.0 Å². The largest absolute Gasteiger partial charge is 0.377 e. The molecule has 0 spiro atoms. The lowest BCUT2D eigenvalue weighted by molar-refractivity contribution is -0.142. The highest BCUT2D eigenvalue weighted by atomic mass is 16.6. The predicted octanol–water partition coefficient (Wildman–Crippen LogP) is 1.04. The Morgan fingerprint density at radius 1 is 0.540 bits per heavy atom. The summed E-state index contributed by atoms with van der Waals surface area (Å²) < 4.78 is 55.1. The molecule has 3 aliphatic rings. The first-order valence-electron chi connectivity index (χ1n) is 30.6. The van der Waals surface area contributed by atoms with E-state index in [1.807, 2.05) is 41.5 Å². The van der Waals surface area contributed by atoms with Crippen LogP contribution in [0, 0.1) is 34.5 Å². The third-order valence-corrected chi connectivity index (χ3v) is 14.5. The van der Waals surface area contributed by atoms with Gasteiger partial charge in [-0.3, -0.25) is 48.1 Å². The summed E-state index contributed by atoms with van der Waals surface area (Å²) in [4.78, 5) is 115. The molecule has 1 aromatic carbocycles. The number of amides is 8. The van der Waals surface area contributed by atoms with Crippen LogP contribution in [0.5, 0.6) is 0 Å². The Hall–Kier alpha value is -5.55. The van der Waals surface area contributed by atoms with Crippen molar-refractivity contribution in [1.29, 1.82) is 0 Å². The minimum atomic E-state index is -1.08. The van der Waals surface area contributed by atoms with Gasteiger partial charge in [-0.05, 0) is 61.3 Å². The van der Waals surface area contributed by atoms with E-state index < -0.39 is 66.7 Å². The maximum atomic E-state index is 13.2. The average Bonchev–Trinajstić information content (AvgIpc) is 1.97. The fourth-order valence-corrected chi connectivity index (χ4v) is 9.32. The average molecular weight is 1230 g/mol. The zero-order valence-corrected chi connectivity index (χ0v) is 52.2. The molecule has 87 heavy (non-hydrogen) atoms. The van der Waals surface area contributed by atoms with Crippen LogP contribution in [0.1, 0.15) is 92.1 Å². The summed E-state index contributed by atoms with van der Waals surface area (Å²) >= 11 is 0. The fraction of sp³-hybridized carbons (Fsp3) is 0.754. The standard InChI is InChI=1S/C61H99N7O19/c1-60(2,3)48-37-54(73)68(59(48)77)41-45-12-14-47(15-13-45)57(75)62-18-19-78-20-21-79-22-23-80-24-25-81-26-27-82-28-29-83-30-31-84-32-33-85-34-35-86-42-53(72)64-38-50(69)63-40-52(71)67-49(36-44-10-8-7-9-11-44)58(76)65-39-51(70)66-43-87-55(46-16-17-46)56(74)61(4,5)6/h7-11,45-49,55H,12-43H2,1-6H3,(H,62,75)(H,63,69)(H,64,72)(H,65,76)(H,66,70)(H,67,71)/t45?,47?,48?,49-,55+/m0/s1. The van der Waals surface area contributed by atoms with Gasteiger partial charge in [0.2, 0.25) is 47.3 Å². The predicted molar refractivity (Wildman–Crippen MR) is 316 cm³/mol. The lowest BCUT2D eigenvalue weighted by atomic mass is 9.79. The van der Waals surface area contributed by atoms with E-state index in [0.29, 0.717) is 112 Å². The number of rotatable bonds is 47. The monoisotopic (exact) mass is 1230 g/mol. The van der Waals surface area contributed by atoms with Gasteiger partial charge < -0.3 is 79.3 Å². The number of nitrogens with one attached hydrogen (secondary N) is 6. The highest BCUT2D eigenvalue weighted by Crippen LogP contribution is 2.39. The lowest BCUT2D eigenvalue weighted by Crippen LogP contribution is -2.52. The van der Waals surface area contributed by atoms with Crippen molar-refractivity contribution in [2.24, 2.45) is 34.5 Å². The molecule has 1 aromatic rings. The Morgan fingerprint density at radius 2 is 1.01 bits per heavy atom. The smallest absolute Gasteiger partial charge is 0.246 e. The van der Waals surface area contributed by atoms with E-state index in [-0.39, 0.29) is 92.0 Å². The summed E-state index contributed by atoms with van der Waals surface area (Å²) in [6, 6.07) is 7.85. The first-order valence-corrected chi connectivity index (χ1v) is 30.6. The molecule has 4 rings (SSSR count). The van der Waals surface area contributed by atoms with Crippen molar-refractivity contribution in [3.63, 3.8) is 0 Å². The van der Waals surface area contributed by atoms with Crippen LogP contribution < -0.4 is 31.9 Å². The molecule has 1 unspecified atom stereocenters. The second-order valence-electron chi connectivity index (χ2n) is 23.8. The summed E-state index contributed by atoms with van der Waals surface area (Å²) in [7, 11) is 0. The third-order valence-electron chi connectivity index (χ3n) is 14.5. The Morgan fingerprint density at radius 3 is 1.51 bits per heavy atom. The van der Waals surface area contributed by atoms with Gasteiger partial charge in [-0.15, -0.1) is 0 Å². The number of ether oxygens (including phenoxy) is 10. The van der Waals surface area contributed by atoms with Gasteiger partial charge in [0.25, 0.3) is 0 Å². The van der Waals surface area contributed by atoms with E-state index in [1.54, 1.807) is 30.3 Å². The van der Waals surface area contributed by atoms with E-state index >= 15 is 0 Å². The first kappa shape index (κ1) is 73.9. The zero-order valence-electron chi connectivity index (χ0n) is 52.2. The number of nitrogens with zero attached hydrogens (tertiary/aromatic N) is 1. The minimum Gasteiger partial charge on any atom is -0.377 e. The number of hydrogen-bond donors (Lipinski definition) is 6. The molecule has 1 saturated heterocycles. The van der Waals surface area contributed by atoms with Gasteiger partial charge in [-0.25, -0.2) is 0 Å². The van der Waals surface area contributed by atoms with Crippen LogP contribution in [-0.2, 0) is 96.9 Å². The molecule has 1 aliphatic heterocycles. The molecular weight excluding hydrogens is 1130 g/mol. The van der Waals surface area contributed by atoms with Crippen molar-refractivity contribution in [2.45, 2.75) is 105 Å². The van der Waals surface area contributed by atoms with E-state index in [1.165, 1.54) is 4.90 Å². The number of imide groups is 1. The van der Waals surface area contributed by atoms with Crippen molar-refractivity contribution in [1.82, 2.24) is 36.8 Å². The second kappa shape index (κ2) is 41.6. The fourth-order valence-electron chi connectivity index (χ4n) is 9.32. The topological polar surface area (TPSA) is 321 Å². The Bertz CT molecular complexity index is 2240. The summed E-state index contributed by atoms with van der Waals surface area (Å²) in [5, 5.41) is 15.4. The zero-order chi connectivity index (χ0) is 63.3. The molecule has 3 atom stereocenters. The van der Waals surface area contributed by atoms with Crippen LogP contribution in [0.15, 0.2) is 30.3 Å². The Kier molecular flexibility index (Phi) is 35.4. The molecule has 2 aliphatic carbocycles. The van der Waals surface area contributed by atoms with Gasteiger partial charge in [0, 0.05) is 37.3 Å². The number of hydrogen-bond acceptors (Lipinski definition) is 19. The maximum Gasteiger partial charge on any atom is 0.246 e. The number of carbonyl (C=O) groups is 9. The highest BCUT2D eigenvalue weighted by Gasteiger charge is 2.45. The van der Waals surface area contributed by atoms with Gasteiger partial charge >= 0.3 is 0 Å². The molecule has 0 radical (unpaired) electrons. The minimum absolute atomic E-state index is 0.0239. The van der Waals surface area contributed by atoms with Crippen molar-refractivity contribution in [3.8, 4) is 0 Å². The third kappa shape index (κ3) is 32.0. The van der Waals surface area contributed by atoms with E-state index in [9.17, 15) is 43.2 Å². The van der Waals surface area contributed by atoms with E-state index in [4.69, 9.17) is 47.4 Å². The van der Waals surface area contributed by atoms with Gasteiger partial charge in [0.15, 0.2) is 5.78 Å². The van der Waals surface area contributed by atoms with Crippen molar-refractivity contribution in [3.05, 3.63) is 35.9 Å². The molecule has 26 heteroatoms. The molecular formula is C61H99N7O19. The number of carbonyl (C=O) groups excluding carboxylic acids is 9. The van der Waals surface area contributed by atoms with Crippen LogP contribution in [0.2, 0.25) is 0 Å². The molecule has 1 heterocycles. The summed E-state index contributed by atoms with van der Waals surface area (Å²) in [6.07, 6.45) is 4.67. The van der Waals surface area contributed by atoms with E-state index in [2.05, 4.69) is 31.9 Å². The number of Topliss-reactive ketones (excluding diaryl/α,β-unsaturated/α-hetero) is 1. The van der Waals surface area contributed by atoms with Gasteiger partial charge in [0.1, 0.15) is 25.5 Å².